The fourth-order valence-corrected chi connectivity index (χ4v) is 3.87. The third-order valence-electron chi connectivity index (χ3n) is 4.47. The smallest absolute Gasteiger partial charge is 0.240 e. The van der Waals surface area contributed by atoms with E-state index in [9.17, 15) is 12.8 Å². The van der Waals surface area contributed by atoms with E-state index in [1.165, 1.54) is 30.6 Å². The topological polar surface area (TPSA) is 113 Å². The molecule has 0 aliphatic rings. The van der Waals surface area contributed by atoms with Gasteiger partial charge in [0.1, 0.15) is 18.0 Å². The minimum absolute atomic E-state index is 0.00117. The zero-order valence-electron chi connectivity index (χ0n) is 17.2. The molecule has 0 fully saturated rings. The van der Waals surface area contributed by atoms with E-state index in [0.717, 1.165) is 11.4 Å². The number of nitrogens with one attached hydrogen (secondary N) is 3. The van der Waals surface area contributed by atoms with Crippen molar-refractivity contribution in [3.63, 3.8) is 0 Å². The second-order valence-corrected chi connectivity index (χ2v) is 8.45. The van der Waals surface area contributed by atoms with E-state index in [1.807, 2.05) is 6.07 Å². The Morgan fingerprint density at radius 2 is 1.77 bits per heavy atom. The van der Waals surface area contributed by atoms with E-state index >= 15 is 0 Å². The molecular weight excluding hydrogens is 421 g/mol. The number of sulfonamides is 1. The summed E-state index contributed by atoms with van der Waals surface area (Å²) in [7, 11) is -0.304. The lowest BCUT2D eigenvalue weighted by atomic mass is 10.2. The molecule has 31 heavy (non-hydrogen) atoms. The van der Waals surface area contributed by atoms with E-state index in [1.54, 1.807) is 37.0 Å². The summed E-state index contributed by atoms with van der Waals surface area (Å²) in [5.41, 5.74) is 1.30. The van der Waals surface area contributed by atoms with Gasteiger partial charge in [-0.15, -0.1) is 0 Å². The Morgan fingerprint density at radius 3 is 2.45 bits per heavy atom. The van der Waals surface area contributed by atoms with Crippen LogP contribution in [0.1, 0.15) is 17.0 Å². The molecule has 0 bridgehead atoms. The molecule has 9 nitrogen and oxygen atoms in total. The first kappa shape index (κ1) is 22.4. The number of nitrogens with zero attached hydrogens (tertiary/aromatic N) is 4. The first-order valence-corrected chi connectivity index (χ1v) is 11.0. The minimum atomic E-state index is -3.75. The van der Waals surface area contributed by atoms with Crippen molar-refractivity contribution in [2.24, 2.45) is 12.0 Å². The number of hydrogen-bond donors (Lipinski definition) is 3. The molecule has 0 amide bonds. The zero-order valence-corrected chi connectivity index (χ0v) is 18.0. The van der Waals surface area contributed by atoms with Crippen LogP contribution in [0.15, 0.2) is 64.7 Å². The van der Waals surface area contributed by atoms with Crippen molar-refractivity contribution in [2.45, 2.75) is 24.5 Å². The summed E-state index contributed by atoms with van der Waals surface area (Å²) in [6, 6.07) is 12.4. The Kier molecular flexibility index (Phi) is 7.32. The highest BCUT2D eigenvalue weighted by atomic mass is 32.2. The molecule has 1 heterocycles. The molecule has 1 aromatic heterocycles. The maximum atomic E-state index is 13.3. The van der Waals surface area contributed by atoms with Crippen LogP contribution in [0, 0.1) is 5.82 Å². The summed E-state index contributed by atoms with van der Waals surface area (Å²) >= 11 is 0. The van der Waals surface area contributed by atoms with Crippen LogP contribution in [0.4, 0.5) is 4.39 Å². The average molecular weight is 446 g/mol. The highest BCUT2D eigenvalue weighted by Gasteiger charge is 2.14. The van der Waals surface area contributed by atoms with Crippen molar-refractivity contribution in [1.82, 2.24) is 30.1 Å². The third-order valence-corrected chi connectivity index (χ3v) is 5.87. The maximum Gasteiger partial charge on any atom is 0.240 e. The molecule has 0 radical (unpaired) electrons. The standard InChI is InChI=1S/C20H24FN7O2S/c1-22-20(24-13-19-25-14-26-28(19)2)23-11-16-6-4-8-18(10-16)31(29,30)27-12-15-5-3-7-17(21)9-15/h3-10,14,27H,11-13H2,1-2H3,(H2,22,23,24). The van der Waals surface area contributed by atoms with Gasteiger partial charge in [-0.2, -0.15) is 5.10 Å². The molecule has 11 heteroatoms. The van der Waals surface area contributed by atoms with Crippen molar-refractivity contribution >= 4 is 16.0 Å². The van der Waals surface area contributed by atoms with Crippen LogP contribution in [0.5, 0.6) is 0 Å². The quantitative estimate of drug-likeness (QED) is 0.356. The number of halogens is 1. The Labute approximate surface area is 180 Å². The fraction of sp³-hybridized carbons (Fsp3) is 0.250. The van der Waals surface area contributed by atoms with Gasteiger partial charge in [-0.05, 0) is 35.4 Å². The van der Waals surface area contributed by atoms with E-state index in [-0.39, 0.29) is 11.4 Å². The molecular formula is C20H24FN7O2S. The van der Waals surface area contributed by atoms with Crippen LogP contribution in [-0.2, 0) is 36.7 Å². The number of rotatable bonds is 8. The predicted molar refractivity (Wildman–Crippen MR) is 115 cm³/mol. The van der Waals surface area contributed by atoms with Gasteiger partial charge in [0.05, 0.1) is 11.4 Å². The van der Waals surface area contributed by atoms with Gasteiger partial charge in [0.15, 0.2) is 5.96 Å². The van der Waals surface area contributed by atoms with Crippen LogP contribution < -0.4 is 15.4 Å². The summed E-state index contributed by atoms with van der Waals surface area (Å²) in [6.07, 6.45) is 1.47. The van der Waals surface area contributed by atoms with E-state index in [0.29, 0.717) is 24.6 Å². The Bertz CT molecular complexity index is 1160. The van der Waals surface area contributed by atoms with Gasteiger partial charge in [0.25, 0.3) is 0 Å². The van der Waals surface area contributed by atoms with Crippen molar-refractivity contribution in [2.75, 3.05) is 7.05 Å². The summed E-state index contributed by atoms with van der Waals surface area (Å²) in [5.74, 6) is 0.881. The number of aliphatic imine (C=N–C) groups is 1. The summed E-state index contributed by atoms with van der Waals surface area (Å²) in [4.78, 5) is 8.41. The van der Waals surface area contributed by atoms with Gasteiger partial charge in [-0.3, -0.25) is 9.67 Å². The van der Waals surface area contributed by atoms with Gasteiger partial charge in [0, 0.05) is 27.2 Å². The van der Waals surface area contributed by atoms with Crippen molar-refractivity contribution < 1.29 is 12.8 Å². The Balaban J connectivity index is 1.59. The molecule has 3 rings (SSSR count). The molecule has 0 aliphatic heterocycles. The van der Waals surface area contributed by atoms with Crippen LogP contribution >= 0.6 is 0 Å². The molecule has 0 spiro atoms. The largest absolute Gasteiger partial charge is 0.352 e. The van der Waals surface area contributed by atoms with Crippen LogP contribution in [0.2, 0.25) is 0 Å². The first-order valence-electron chi connectivity index (χ1n) is 9.48. The number of benzene rings is 2. The molecule has 0 atom stereocenters. The molecule has 164 valence electrons. The Morgan fingerprint density at radius 1 is 1.06 bits per heavy atom. The Hall–Kier alpha value is -3.31. The third kappa shape index (κ3) is 6.33. The monoisotopic (exact) mass is 445 g/mol. The van der Waals surface area contributed by atoms with Crippen molar-refractivity contribution in [1.29, 1.82) is 0 Å². The number of hydrogen-bond acceptors (Lipinski definition) is 5. The predicted octanol–water partition coefficient (Wildman–Crippen LogP) is 1.30. The first-order chi connectivity index (χ1) is 14.9. The summed E-state index contributed by atoms with van der Waals surface area (Å²) in [5, 5.41) is 10.3. The van der Waals surface area contributed by atoms with Crippen LogP contribution in [-0.4, -0.2) is 36.2 Å². The second kappa shape index (κ2) is 10.1. The SMILES string of the molecule is CN=C(NCc1cccc(S(=O)(=O)NCc2cccc(F)c2)c1)NCc1ncnn1C. The molecule has 0 saturated carbocycles. The number of guanidine groups is 1. The summed E-state index contributed by atoms with van der Waals surface area (Å²) < 4.78 is 42.7. The highest BCUT2D eigenvalue weighted by molar-refractivity contribution is 7.89. The van der Waals surface area contributed by atoms with Gasteiger partial charge >= 0.3 is 0 Å². The second-order valence-electron chi connectivity index (χ2n) is 6.68. The maximum absolute atomic E-state index is 13.3. The van der Waals surface area contributed by atoms with E-state index < -0.39 is 15.8 Å². The normalized spacial score (nSPS) is 12.0. The lowest BCUT2D eigenvalue weighted by Gasteiger charge is -2.12. The molecule has 2 aromatic carbocycles. The van der Waals surface area contributed by atoms with Gasteiger partial charge in [-0.1, -0.05) is 24.3 Å². The van der Waals surface area contributed by atoms with Crippen molar-refractivity contribution in [3.8, 4) is 0 Å². The van der Waals surface area contributed by atoms with Gasteiger partial charge < -0.3 is 10.6 Å². The molecule has 0 unspecified atom stereocenters. The van der Waals surface area contributed by atoms with Gasteiger partial charge in [0.2, 0.25) is 10.0 Å². The lowest BCUT2D eigenvalue weighted by molar-refractivity contribution is 0.580. The zero-order chi connectivity index (χ0) is 22.3. The van der Waals surface area contributed by atoms with Crippen LogP contribution in [0.25, 0.3) is 0 Å². The number of aromatic nitrogens is 3. The molecule has 0 aliphatic carbocycles. The number of aryl methyl sites for hydroxylation is 1. The fourth-order valence-electron chi connectivity index (χ4n) is 2.78. The van der Waals surface area contributed by atoms with E-state index in [2.05, 4.69) is 30.4 Å². The summed E-state index contributed by atoms with van der Waals surface area (Å²) in [6.45, 7) is 0.807. The van der Waals surface area contributed by atoms with E-state index in [4.69, 9.17) is 0 Å². The minimum Gasteiger partial charge on any atom is -0.352 e. The highest BCUT2D eigenvalue weighted by Crippen LogP contribution is 2.13. The lowest BCUT2D eigenvalue weighted by Crippen LogP contribution is -2.37. The van der Waals surface area contributed by atoms with Crippen LogP contribution in [0.3, 0.4) is 0 Å². The molecule has 3 aromatic rings. The average Bonchev–Trinajstić information content (AvgIpc) is 3.17. The molecule has 0 saturated heterocycles. The van der Waals surface area contributed by atoms with Gasteiger partial charge in [-0.25, -0.2) is 22.5 Å². The molecule has 3 N–H and O–H groups in total. The van der Waals surface area contributed by atoms with Crippen molar-refractivity contribution in [3.05, 3.63) is 77.6 Å².